The van der Waals surface area contributed by atoms with Crippen molar-refractivity contribution in [2.45, 2.75) is 59.9 Å². The van der Waals surface area contributed by atoms with Crippen molar-refractivity contribution >= 4 is 18.3 Å². The van der Waals surface area contributed by atoms with Crippen LogP contribution >= 0.6 is 12.4 Å². The molecule has 4 heteroatoms. The standard InChI is InChI=1S/C13H28N2O.ClH/c1-10(2)8-13(4,5)9-15-12(16)7-6-11(3)14;/h10-11H,6-9,14H2,1-5H3,(H,15,16);1H. The van der Waals surface area contributed by atoms with Gasteiger partial charge in [0.25, 0.3) is 0 Å². The number of rotatable bonds is 7. The van der Waals surface area contributed by atoms with E-state index in [1.807, 2.05) is 6.92 Å². The van der Waals surface area contributed by atoms with Crippen molar-refractivity contribution < 1.29 is 4.79 Å². The fourth-order valence-electron chi connectivity index (χ4n) is 1.96. The molecule has 0 aliphatic carbocycles. The van der Waals surface area contributed by atoms with Gasteiger partial charge in [0.05, 0.1) is 0 Å². The van der Waals surface area contributed by atoms with Crippen LogP contribution in [0.2, 0.25) is 0 Å². The predicted molar refractivity (Wildman–Crippen MR) is 76.4 cm³/mol. The lowest BCUT2D eigenvalue weighted by atomic mass is 9.84. The Labute approximate surface area is 112 Å². The second-order valence-electron chi connectivity index (χ2n) is 6.05. The number of carbonyl (C=O) groups excluding carboxylic acids is 1. The zero-order valence-corrected chi connectivity index (χ0v) is 12.7. The smallest absolute Gasteiger partial charge is 0.220 e. The number of nitrogens with one attached hydrogen (secondary N) is 1. The van der Waals surface area contributed by atoms with E-state index < -0.39 is 0 Å². The molecular formula is C13H29ClN2O. The summed E-state index contributed by atoms with van der Waals surface area (Å²) in [5.74, 6) is 0.782. The van der Waals surface area contributed by atoms with E-state index in [1.165, 1.54) is 0 Å². The summed E-state index contributed by atoms with van der Waals surface area (Å²) in [6.45, 7) is 11.5. The fraction of sp³-hybridized carbons (Fsp3) is 0.923. The van der Waals surface area contributed by atoms with E-state index in [2.05, 4.69) is 33.0 Å². The molecule has 17 heavy (non-hydrogen) atoms. The molecule has 0 saturated heterocycles. The van der Waals surface area contributed by atoms with E-state index in [9.17, 15) is 4.79 Å². The predicted octanol–water partition coefficient (Wildman–Crippen LogP) is 2.72. The van der Waals surface area contributed by atoms with Crippen LogP contribution < -0.4 is 11.1 Å². The summed E-state index contributed by atoms with van der Waals surface area (Å²) < 4.78 is 0. The van der Waals surface area contributed by atoms with Crippen molar-refractivity contribution in [3.63, 3.8) is 0 Å². The lowest BCUT2D eigenvalue weighted by Crippen LogP contribution is -2.35. The lowest BCUT2D eigenvalue weighted by molar-refractivity contribution is -0.121. The van der Waals surface area contributed by atoms with Crippen LogP contribution in [0.15, 0.2) is 0 Å². The zero-order valence-electron chi connectivity index (χ0n) is 11.9. The van der Waals surface area contributed by atoms with Crippen LogP contribution in [-0.4, -0.2) is 18.5 Å². The van der Waals surface area contributed by atoms with Gasteiger partial charge >= 0.3 is 0 Å². The summed E-state index contributed by atoms with van der Waals surface area (Å²) in [6, 6.07) is 0.106. The first kappa shape index (κ1) is 19.1. The molecule has 0 rings (SSSR count). The van der Waals surface area contributed by atoms with Crippen LogP contribution in [0.1, 0.15) is 53.9 Å². The molecule has 0 fully saturated rings. The van der Waals surface area contributed by atoms with Crippen molar-refractivity contribution in [2.24, 2.45) is 17.1 Å². The van der Waals surface area contributed by atoms with Gasteiger partial charge in [-0.1, -0.05) is 27.7 Å². The average molecular weight is 265 g/mol. The Balaban J connectivity index is 0. The Morgan fingerprint density at radius 3 is 2.24 bits per heavy atom. The summed E-state index contributed by atoms with van der Waals surface area (Å²) in [5.41, 5.74) is 5.79. The summed E-state index contributed by atoms with van der Waals surface area (Å²) in [5, 5.41) is 2.99. The van der Waals surface area contributed by atoms with Crippen LogP contribution in [0.3, 0.4) is 0 Å². The van der Waals surface area contributed by atoms with E-state index in [-0.39, 0.29) is 29.8 Å². The van der Waals surface area contributed by atoms with Gasteiger partial charge in [-0.2, -0.15) is 0 Å². The van der Waals surface area contributed by atoms with Gasteiger partial charge < -0.3 is 11.1 Å². The Bertz CT molecular complexity index is 215. The second kappa shape index (κ2) is 8.76. The van der Waals surface area contributed by atoms with Crippen molar-refractivity contribution in [3.05, 3.63) is 0 Å². The minimum atomic E-state index is 0. The Hall–Kier alpha value is -0.280. The molecular weight excluding hydrogens is 236 g/mol. The molecule has 0 heterocycles. The van der Waals surface area contributed by atoms with Gasteiger partial charge in [-0.3, -0.25) is 4.79 Å². The fourth-order valence-corrected chi connectivity index (χ4v) is 1.96. The van der Waals surface area contributed by atoms with Crippen molar-refractivity contribution in [2.75, 3.05) is 6.54 Å². The van der Waals surface area contributed by atoms with E-state index in [0.717, 1.165) is 19.4 Å². The first-order valence-electron chi connectivity index (χ1n) is 6.25. The molecule has 0 aromatic rings. The summed E-state index contributed by atoms with van der Waals surface area (Å²) in [6.07, 6.45) is 2.42. The molecule has 0 bridgehead atoms. The first-order chi connectivity index (χ1) is 7.23. The van der Waals surface area contributed by atoms with Gasteiger partial charge in [0, 0.05) is 19.0 Å². The molecule has 0 saturated carbocycles. The van der Waals surface area contributed by atoms with Crippen LogP contribution in [0.25, 0.3) is 0 Å². The molecule has 1 unspecified atom stereocenters. The highest BCUT2D eigenvalue weighted by Gasteiger charge is 2.20. The molecule has 1 amide bonds. The molecule has 0 aliphatic heterocycles. The van der Waals surface area contributed by atoms with Gasteiger partial charge in [0.1, 0.15) is 0 Å². The molecule has 104 valence electrons. The number of hydrogen-bond acceptors (Lipinski definition) is 2. The maximum Gasteiger partial charge on any atom is 0.220 e. The van der Waals surface area contributed by atoms with E-state index in [4.69, 9.17) is 5.73 Å². The molecule has 3 nitrogen and oxygen atoms in total. The van der Waals surface area contributed by atoms with Gasteiger partial charge in [0.2, 0.25) is 5.91 Å². The molecule has 1 atom stereocenters. The average Bonchev–Trinajstić information content (AvgIpc) is 2.09. The van der Waals surface area contributed by atoms with Gasteiger partial charge in [0.15, 0.2) is 0 Å². The minimum Gasteiger partial charge on any atom is -0.356 e. The van der Waals surface area contributed by atoms with E-state index >= 15 is 0 Å². The summed E-state index contributed by atoms with van der Waals surface area (Å²) in [4.78, 5) is 11.5. The lowest BCUT2D eigenvalue weighted by Gasteiger charge is -2.27. The summed E-state index contributed by atoms with van der Waals surface area (Å²) in [7, 11) is 0. The van der Waals surface area contributed by atoms with E-state index in [0.29, 0.717) is 12.3 Å². The molecule has 3 N–H and O–H groups in total. The van der Waals surface area contributed by atoms with Crippen molar-refractivity contribution in [3.8, 4) is 0 Å². The Morgan fingerprint density at radius 2 is 1.82 bits per heavy atom. The number of hydrogen-bond donors (Lipinski definition) is 2. The molecule has 0 aliphatic rings. The van der Waals surface area contributed by atoms with Crippen LogP contribution in [-0.2, 0) is 4.79 Å². The molecule has 0 aromatic carbocycles. The van der Waals surface area contributed by atoms with Gasteiger partial charge in [-0.25, -0.2) is 0 Å². The molecule has 0 aromatic heterocycles. The molecule has 0 radical (unpaired) electrons. The number of amides is 1. The highest BCUT2D eigenvalue weighted by Crippen LogP contribution is 2.24. The number of halogens is 1. The maximum atomic E-state index is 11.5. The minimum absolute atomic E-state index is 0. The molecule has 0 spiro atoms. The first-order valence-corrected chi connectivity index (χ1v) is 6.25. The number of carbonyl (C=O) groups is 1. The third-order valence-electron chi connectivity index (χ3n) is 2.55. The maximum absolute atomic E-state index is 11.5. The highest BCUT2D eigenvalue weighted by molar-refractivity contribution is 5.85. The quantitative estimate of drug-likeness (QED) is 0.743. The monoisotopic (exact) mass is 264 g/mol. The van der Waals surface area contributed by atoms with Crippen molar-refractivity contribution in [1.82, 2.24) is 5.32 Å². The van der Waals surface area contributed by atoms with Crippen LogP contribution in [0.5, 0.6) is 0 Å². The van der Waals surface area contributed by atoms with E-state index in [1.54, 1.807) is 0 Å². The topological polar surface area (TPSA) is 55.1 Å². The largest absolute Gasteiger partial charge is 0.356 e. The third kappa shape index (κ3) is 12.0. The Morgan fingerprint density at radius 1 is 1.29 bits per heavy atom. The van der Waals surface area contributed by atoms with Crippen LogP contribution in [0.4, 0.5) is 0 Å². The van der Waals surface area contributed by atoms with Crippen molar-refractivity contribution in [1.29, 1.82) is 0 Å². The number of nitrogens with two attached hydrogens (primary N) is 1. The van der Waals surface area contributed by atoms with Crippen LogP contribution in [0, 0.1) is 11.3 Å². The van der Waals surface area contributed by atoms with Gasteiger partial charge in [-0.05, 0) is 31.1 Å². The van der Waals surface area contributed by atoms with Gasteiger partial charge in [-0.15, -0.1) is 12.4 Å². The SMILES string of the molecule is CC(C)CC(C)(C)CNC(=O)CCC(C)N.Cl. The summed E-state index contributed by atoms with van der Waals surface area (Å²) >= 11 is 0. The zero-order chi connectivity index (χ0) is 12.8. The second-order valence-corrected chi connectivity index (χ2v) is 6.05. The third-order valence-corrected chi connectivity index (χ3v) is 2.55. The Kier molecular flexibility index (Phi) is 9.82. The highest BCUT2D eigenvalue weighted by atomic mass is 35.5. The normalized spacial score (nSPS) is 13.1.